The Hall–Kier alpha value is -0.0800. The molecule has 0 aromatic heterocycles. The Morgan fingerprint density at radius 3 is 2.29 bits per heavy atom. The quantitative estimate of drug-likeness (QED) is 0.652. The first-order valence-electron chi connectivity index (χ1n) is 5.91. The maximum Gasteiger partial charge on any atom is 0.0558 e. The average Bonchev–Trinajstić information content (AvgIpc) is 2.22. The minimum Gasteiger partial charge on any atom is -0.382 e. The van der Waals surface area contributed by atoms with Crippen molar-refractivity contribution in [3.63, 3.8) is 0 Å². The van der Waals surface area contributed by atoms with Crippen molar-refractivity contribution in [1.82, 2.24) is 5.32 Å². The van der Waals surface area contributed by atoms with Gasteiger partial charge in [0.2, 0.25) is 0 Å². The summed E-state index contributed by atoms with van der Waals surface area (Å²) in [6.45, 7) is 10.0. The van der Waals surface area contributed by atoms with E-state index in [-0.39, 0.29) is 0 Å². The molecular formula is C12H27NO. The average molecular weight is 201 g/mol. The van der Waals surface area contributed by atoms with Crippen molar-refractivity contribution in [3.05, 3.63) is 0 Å². The molecule has 86 valence electrons. The number of hydrogen-bond donors (Lipinski definition) is 1. The molecule has 0 heterocycles. The second-order valence-electron chi connectivity index (χ2n) is 4.23. The Kier molecular flexibility index (Phi) is 8.20. The maximum atomic E-state index is 5.32. The first kappa shape index (κ1) is 13.9. The fraction of sp³-hybridized carbons (Fsp3) is 1.00. The smallest absolute Gasteiger partial charge is 0.0558 e. The molecule has 0 aromatic rings. The second kappa shape index (κ2) is 8.25. The van der Waals surface area contributed by atoms with E-state index >= 15 is 0 Å². The molecule has 0 bridgehead atoms. The highest BCUT2D eigenvalue weighted by Gasteiger charge is 2.17. The van der Waals surface area contributed by atoms with Crippen molar-refractivity contribution < 1.29 is 4.74 Å². The lowest BCUT2D eigenvalue weighted by Crippen LogP contribution is -2.38. The molecule has 0 radical (unpaired) electrons. The first-order chi connectivity index (χ1) is 6.65. The highest BCUT2D eigenvalue weighted by atomic mass is 16.5. The molecular weight excluding hydrogens is 174 g/mol. The number of rotatable bonds is 8. The standard InChI is InChI=1S/C12H27NO/c1-6-8-13-12(10(3)7-2)9-11(4)14-5/h10-13H,6-9H2,1-5H3. The predicted octanol–water partition coefficient (Wildman–Crippen LogP) is 2.83. The maximum absolute atomic E-state index is 5.32. The van der Waals surface area contributed by atoms with Gasteiger partial charge in [0.25, 0.3) is 0 Å². The molecule has 0 saturated carbocycles. The van der Waals surface area contributed by atoms with Gasteiger partial charge in [-0.25, -0.2) is 0 Å². The zero-order valence-corrected chi connectivity index (χ0v) is 10.5. The van der Waals surface area contributed by atoms with Gasteiger partial charge >= 0.3 is 0 Å². The van der Waals surface area contributed by atoms with Gasteiger partial charge in [-0.05, 0) is 32.2 Å². The van der Waals surface area contributed by atoms with Crippen LogP contribution in [0.4, 0.5) is 0 Å². The van der Waals surface area contributed by atoms with Gasteiger partial charge in [-0.1, -0.05) is 27.2 Å². The van der Waals surface area contributed by atoms with Gasteiger partial charge in [0.15, 0.2) is 0 Å². The van der Waals surface area contributed by atoms with E-state index in [2.05, 4.69) is 33.0 Å². The molecule has 2 nitrogen and oxygen atoms in total. The minimum absolute atomic E-state index is 0.360. The van der Waals surface area contributed by atoms with E-state index < -0.39 is 0 Å². The molecule has 0 aliphatic heterocycles. The number of nitrogens with one attached hydrogen (secondary N) is 1. The van der Waals surface area contributed by atoms with Crippen LogP contribution in [-0.2, 0) is 4.74 Å². The monoisotopic (exact) mass is 201 g/mol. The van der Waals surface area contributed by atoms with E-state index in [0.29, 0.717) is 12.1 Å². The van der Waals surface area contributed by atoms with Crippen LogP contribution in [0.25, 0.3) is 0 Å². The molecule has 1 N–H and O–H groups in total. The van der Waals surface area contributed by atoms with E-state index in [9.17, 15) is 0 Å². The predicted molar refractivity (Wildman–Crippen MR) is 62.6 cm³/mol. The van der Waals surface area contributed by atoms with Crippen LogP contribution in [0, 0.1) is 5.92 Å². The molecule has 3 atom stereocenters. The summed E-state index contributed by atoms with van der Waals surface area (Å²) in [6, 6.07) is 0.606. The van der Waals surface area contributed by atoms with E-state index in [1.54, 1.807) is 7.11 Å². The lowest BCUT2D eigenvalue weighted by molar-refractivity contribution is 0.0927. The lowest BCUT2D eigenvalue weighted by atomic mass is 9.94. The van der Waals surface area contributed by atoms with Crippen molar-refractivity contribution in [3.8, 4) is 0 Å². The van der Waals surface area contributed by atoms with Crippen molar-refractivity contribution in [1.29, 1.82) is 0 Å². The van der Waals surface area contributed by atoms with Crippen molar-refractivity contribution in [2.45, 2.75) is 59.1 Å². The normalized spacial score (nSPS) is 17.8. The lowest BCUT2D eigenvalue weighted by Gasteiger charge is -2.26. The fourth-order valence-electron chi connectivity index (χ4n) is 1.58. The van der Waals surface area contributed by atoms with E-state index in [4.69, 9.17) is 4.74 Å². The Morgan fingerprint density at radius 2 is 1.86 bits per heavy atom. The van der Waals surface area contributed by atoms with Gasteiger partial charge in [0.05, 0.1) is 6.10 Å². The van der Waals surface area contributed by atoms with Crippen LogP contribution in [0.3, 0.4) is 0 Å². The highest BCUT2D eigenvalue weighted by molar-refractivity contribution is 4.74. The molecule has 3 unspecified atom stereocenters. The number of methoxy groups -OCH3 is 1. The third-order valence-electron chi connectivity index (χ3n) is 2.98. The summed E-state index contributed by atoms with van der Waals surface area (Å²) in [7, 11) is 1.79. The van der Waals surface area contributed by atoms with Crippen LogP contribution >= 0.6 is 0 Å². The fourth-order valence-corrected chi connectivity index (χ4v) is 1.58. The molecule has 2 heteroatoms. The largest absolute Gasteiger partial charge is 0.382 e. The Labute approximate surface area is 89.4 Å². The Morgan fingerprint density at radius 1 is 1.21 bits per heavy atom. The molecule has 0 amide bonds. The summed E-state index contributed by atoms with van der Waals surface area (Å²) in [6.07, 6.45) is 3.91. The van der Waals surface area contributed by atoms with Gasteiger partial charge in [-0.15, -0.1) is 0 Å². The number of ether oxygens (including phenoxy) is 1. The van der Waals surface area contributed by atoms with Crippen LogP contribution in [0.1, 0.15) is 47.0 Å². The van der Waals surface area contributed by atoms with Crippen molar-refractivity contribution in [2.75, 3.05) is 13.7 Å². The molecule has 0 spiro atoms. The van der Waals surface area contributed by atoms with E-state index in [0.717, 1.165) is 18.9 Å². The second-order valence-corrected chi connectivity index (χ2v) is 4.23. The summed E-state index contributed by atoms with van der Waals surface area (Å²) in [5.74, 6) is 0.735. The SMILES string of the molecule is CCCNC(CC(C)OC)C(C)CC. The molecule has 0 saturated heterocycles. The molecule has 0 aliphatic rings. The molecule has 0 aliphatic carbocycles. The van der Waals surface area contributed by atoms with E-state index in [1.807, 2.05) is 0 Å². The van der Waals surface area contributed by atoms with Crippen LogP contribution in [-0.4, -0.2) is 25.8 Å². The Bertz CT molecular complexity index is 127. The zero-order chi connectivity index (χ0) is 11.0. The zero-order valence-electron chi connectivity index (χ0n) is 10.5. The van der Waals surface area contributed by atoms with Crippen LogP contribution in [0.2, 0.25) is 0 Å². The summed E-state index contributed by atoms with van der Waals surface area (Å²) in [4.78, 5) is 0. The van der Waals surface area contributed by atoms with Crippen LogP contribution < -0.4 is 5.32 Å². The van der Waals surface area contributed by atoms with Crippen molar-refractivity contribution >= 4 is 0 Å². The molecule has 0 rings (SSSR count). The molecule has 0 fully saturated rings. The summed E-state index contributed by atoms with van der Waals surface area (Å²) in [5, 5.41) is 3.61. The topological polar surface area (TPSA) is 21.3 Å². The molecule has 0 aromatic carbocycles. The highest BCUT2D eigenvalue weighted by Crippen LogP contribution is 2.14. The summed E-state index contributed by atoms with van der Waals surface area (Å²) < 4.78 is 5.32. The number of hydrogen-bond acceptors (Lipinski definition) is 2. The van der Waals surface area contributed by atoms with Crippen LogP contribution in [0.15, 0.2) is 0 Å². The van der Waals surface area contributed by atoms with Gasteiger partial charge in [-0.2, -0.15) is 0 Å². The van der Waals surface area contributed by atoms with E-state index in [1.165, 1.54) is 12.8 Å². The third-order valence-corrected chi connectivity index (χ3v) is 2.98. The summed E-state index contributed by atoms with van der Waals surface area (Å²) >= 11 is 0. The van der Waals surface area contributed by atoms with Gasteiger partial charge in [-0.3, -0.25) is 0 Å². The van der Waals surface area contributed by atoms with Gasteiger partial charge in [0, 0.05) is 13.2 Å². The van der Waals surface area contributed by atoms with Crippen LogP contribution in [0.5, 0.6) is 0 Å². The van der Waals surface area contributed by atoms with Crippen molar-refractivity contribution in [2.24, 2.45) is 5.92 Å². The van der Waals surface area contributed by atoms with Gasteiger partial charge < -0.3 is 10.1 Å². The molecule has 14 heavy (non-hydrogen) atoms. The Balaban J connectivity index is 3.96. The van der Waals surface area contributed by atoms with Gasteiger partial charge in [0.1, 0.15) is 0 Å². The first-order valence-corrected chi connectivity index (χ1v) is 5.91. The third kappa shape index (κ3) is 5.61. The summed E-state index contributed by atoms with van der Waals surface area (Å²) in [5.41, 5.74) is 0. The minimum atomic E-state index is 0.360.